The van der Waals surface area contributed by atoms with Crippen LogP contribution in [0.3, 0.4) is 0 Å². The first kappa shape index (κ1) is 26.7. The van der Waals surface area contributed by atoms with E-state index in [-0.39, 0.29) is 30.4 Å². The van der Waals surface area contributed by atoms with Crippen molar-refractivity contribution in [3.8, 4) is 11.5 Å². The molecule has 0 saturated carbocycles. The van der Waals surface area contributed by atoms with Gasteiger partial charge in [0.15, 0.2) is 0 Å². The fraction of sp³-hybridized carbons (Fsp3) is 0.483. The molecule has 8 nitrogen and oxygen atoms in total. The second-order valence-electron chi connectivity index (χ2n) is 9.73. The highest BCUT2D eigenvalue weighted by Crippen LogP contribution is 2.37. The molecule has 2 aliphatic heterocycles. The second kappa shape index (κ2) is 11.8. The maximum Gasteiger partial charge on any atom is 0.309 e. The normalized spacial score (nSPS) is 18.5. The Morgan fingerprint density at radius 3 is 2.43 bits per heavy atom. The maximum absolute atomic E-state index is 13.7. The van der Waals surface area contributed by atoms with Crippen molar-refractivity contribution in [3.05, 3.63) is 58.7 Å². The number of rotatable bonds is 8. The molecule has 0 N–H and O–H groups in total. The van der Waals surface area contributed by atoms with Crippen molar-refractivity contribution in [2.75, 3.05) is 40.5 Å². The van der Waals surface area contributed by atoms with E-state index in [2.05, 4.69) is 36.9 Å². The van der Waals surface area contributed by atoms with E-state index in [1.54, 1.807) is 19.2 Å². The van der Waals surface area contributed by atoms with Crippen molar-refractivity contribution >= 4 is 17.6 Å². The van der Waals surface area contributed by atoms with Gasteiger partial charge in [0.25, 0.3) is 5.91 Å². The molecule has 2 heterocycles. The van der Waals surface area contributed by atoms with E-state index < -0.39 is 0 Å². The summed E-state index contributed by atoms with van der Waals surface area (Å²) in [6.07, 6.45) is 1.98. The Morgan fingerprint density at radius 1 is 1.03 bits per heavy atom. The van der Waals surface area contributed by atoms with Crippen LogP contribution in [0.25, 0.3) is 0 Å². The highest BCUT2D eigenvalue weighted by Gasteiger charge is 2.36. The van der Waals surface area contributed by atoms with Gasteiger partial charge in [0, 0.05) is 18.1 Å². The van der Waals surface area contributed by atoms with Crippen LogP contribution in [0.5, 0.6) is 11.5 Å². The number of benzene rings is 2. The topological polar surface area (TPSA) is 80.7 Å². The Labute approximate surface area is 219 Å². The fourth-order valence-corrected chi connectivity index (χ4v) is 5.23. The fourth-order valence-electron chi connectivity index (χ4n) is 5.23. The van der Waals surface area contributed by atoms with Gasteiger partial charge in [-0.15, -0.1) is 0 Å². The zero-order chi connectivity index (χ0) is 26.5. The molecule has 1 amide bonds. The lowest BCUT2D eigenvalue weighted by Gasteiger charge is -2.32. The van der Waals surface area contributed by atoms with Gasteiger partial charge in [0.1, 0.15) is 11.5 Å². The van der Waals surface area contributed by atoms with E-state index in [9.17, 15) is 9.59 Å². The lowest BCUT2D eigenvalue weighted by atomic mass is 9.93. The molecule has 2 aromatic carbocycles. The zero-order valence-corrected chi connectivity index (χ0v) is 22.5. The third kappa shape index (κ3) is 5.96. The third-order valence-corrected chi connectivity index (χ3v) is 7.24. The Morgan fingerprint density at radius 2 is 1.78 bits per heavy atom. The van der Waals surface area contributed by atoms with Gasteiger partial charge in [-0.2, -0.15) is 5.10 Å². The van der Waals surface area contributed by atoms with Gasteiger partial charge in [-0.25, -0.2) is 5.01 Å². The van der Waals surface area contributed by atoms with Crippen molar-refractivity contribution in [1.82, 2.24) is 9.91 Å². The monoisotopic (exact) mass is 507 g/mol. The number of carbonyl (C=O) groups excluding carboxylic acids is 2. The number of carbonyl (C=O) groups is 2. The third-order valence-electron chi connectivity index (χ3n) is 7.24. The molecule has 1 atom stereocenters. The molecular formula is C29H37N3O5. The summed E-state index contributed by atoms with van der Waals surface area (Å²) < 4.78 is 16.2. The smallest absolute Gasteiger partial charge is 0.309 e. The Balaban J connectivity index is 1.57. The van der Waals surface area contributed by atoms with E-state index in [0.29, 0.717) is 50.5 Å². The summed E-state index contributed by atoms with van der Waals surface area (Å²) in [4.78, 5) is 27.9. The van der Waals surface area contributed by atoms with Crippen LogP contribution in [0, 0.1) is 19.8 Å². The number of amides is 1. The summed E-state index contributed by atoms with van der Waals surface area (Å²) >= 11 is 0. The molecule has 0 aromatic heterocycles. The van der Waals surface area contributed by atoms with Crippen LogP contribution in [0.4, 0.5) is 0 Å². The number of likely N-dealkylation sites (tertiary alicyclic amines) is 1. The van der Waals surface area contributed by atoms with Crippen molar-refractivity contribution in [2.24, 2.45) is 11.0 Å². The van der Waals surface area contributed by atoms with Crippen LogP contribution in [-0.2, 0) is 14.3 Å². The molecule has 0 spiro atoms. The number of esters is 1. The van der Waals surface area contributed by atoms with Crippen LogP contribution in [0.1, 0.15) is 54.5 Å². The largest absolute Gasteiger partial charge is 0.497 e. The highest BCUT2D eigenvalue weighted by molar-refractivity contribution is 6.05. The molecule has 0 bridgehead atoms. The van der Waals surface area contributed by atoms with Gasteiger partial charge in [-0.05, 0) is 70.0 Å². The van der Waals surface area contributed by atoms with Crippen LogP contribution in [0.15, 0.2) is 41.5 Å². The Kier molecular flexibility index (Phi) is 8.48. The quantitative estimate of drug-likeness (QED) is 0.497. The first-order chi connectivity index (χ1) is 17.8. The minimum Gasteiger partial charge on any atom is -0.497 e. The number of methoxy groups -OCH3 is 2. The summed E-state index contributed by atoms with van der Waals surface area (Å²) in [5, 5.41) is 6.50. The lowest BCUT2D eigenvalue weighted by Crippen LogP contribution is -2.43. The number of hydrazone groups is 1. The predicted molar refractivity (Wildman–Crippen MR) is 142 cm³/mol. The van der Waals surface area contributed by atoms with Crippen LogP contribution < -0.4 is 9.47 Å². The average Bonchev–Trinajstić information content (AvgIpc) is 3.34. The van der Waals surface area contributed by atoms with E-state index >= 15 is 0 Å². The molecule has 198 valence electrons. The number of aryl methyl sites for hydroxylation is 2. The average molecular weight is 508 g/mol. The lowest BCUT2D eigenvalue weighted by molar-refractivity contribution is -0.149. The number of ether oxygens (including phenoxy) is 3. The van der Waals surface area contributed by atoms with Gasteiger partial charge >= 0.3 is 5.97 Å². The molecule has 1 saturated heterocycles. The highest BCUT2D eigenvalue weighted by atomic mass is 16.5. The van der Waals surface area contributed by atoms with Crippen molar-refractivity contribution in [3.63, 3.8) is 0 Å². The van der Waals surface area contributed by atoms with Crippen LogP contribution in [-0.4, -0.2) is 68.0 Å². The molecule has 0 unspecified atom stereocenters. The summed E-state index contributed by atoms with van der Waals surface area (Å²) in [6.45, 7) is 7.99. The van der Waals surface area contributed by atoms with E-state index in [4.69, 9.17) is 19.3 Å². The SMILES string of the molecule is CCOC(=O)C1CCN(CC(=O)N2N=C(c3ccc(OC)cc3OC)C[C@@H]2c2ccc(C)cc2C)CC1. The number of hydrogen-bond acceptors (Lipinski definition) is 7. The predicted octanol–water partition coefficient (Wildman–Crippen LogP) is 4.27. The number of piperidine rings is 1. The van der Waals surface area contributed by atoms with Crippen LogP contribution >= 0.6 is 0 Å². The molecule has 0 radical (unpaired) electrons. The van der Waals surface area contributed by atoms with Gasteiger partial charge < -0.3 is 14.2 Å². The van der Waals surface area contributed by atoms with Crippen molar-refractivity contribution in [2.45, 2.75) is 46.1 Å². The molecule has 0 aliphatic carbocycles. The first-order valence-electron chi connectivity index (χ1n) is 12.9. The standard InChI is InChI=1S/C29H37N3O5/c1-6-37-29(34)21-11-13-31(14-12-21)18-28(33)32-26(23-9-7-19(2)15-20(23)3)17-25(30-32)24-10-8-22(35-4)16-27(24)36-5/h7-10,15-16,21,26H,6,11-14,17-18H2,1-5H3/t26-/m1/s1. The number of hydrogen-bond donors (Lipinski definition) is 0. The van der Waals surface area contributed by atoms with Gasteiger partial charge in [-0.1, -0.05) is 23.8 Å². The maximum atomic E-state index is 13.7. The molecule has 2 aliphatic rings. The molecular weight excluding hydrogens is 470 g/mol. The van der Waals surface area contributed by atoms with Crippen LogP contribution in [0.2, 0.25) is 0 Å². The van der Waals surface area contributed by atoms with Gasteiger partial charge in [0.05, 0.1) is 45.0 Å². The summed E-state index contributed by atoms with van der Waals surface area (Å²) in [7, 11) is 3.24. The van der Waals surface area contributed by atoms with E-state index in [1.807, 2.05) is 25.1 Å². The second-order valence-corrected chi connectivity index (χ2v) is 9.73. The Hall–Kier alpha value is -3.39. The van der Waals surface area contributed by atoms with Gasteiger partial charge in [0.2, 0.25) is 0 Å². The van der Waals surface area contributed by atoms with E-state index in [1.165, 1.54) is 5.56 Å². The summed E-state index contributed by atoms with van der Waals surface area (Å²) in [5.41, 5.74) is 5.06. The molecule has 2 aromatic rings. The molecule has 4 rings (SSSR count). The number of nitrogens with zero attached hydrogens (tertiary/aromatic N) is 3. The minimum absolute atomic E-state index is 0.0537. The first-order valence-corrected chi connectivity index (χ1v) is 12.9. The zero-order valence-electron chi connectivity index (χ0n) is 22.5. The summed E-state index contributed by atoms with van der Waals surface area (Å²) in [5.74, 6) is 1.08. The molecule has 8 heteroatoms. The molecule has 37 heavy (non-hydrogen) atoms. The van der Waals surface area contributed by atoms with Gasteiger partial charge in [-0.3, -0.25) is 14.5 Å². The summed E-state index contributed by atoms with van der Waals surface area (Å²) in [6, 6.07) is 11.8. The van der Waals surface area contributed by atoms with Crippen molar-refractivity contribution < 1.29 is 23.8 Å². The minimum atomic E-state index is -0.202. The Bertz CT molecular complexity index is 1170. The van der Waals surface area contributed by atoms with Crippen molar-refractivity contribution in [1.29, 1.82) is 0 Å². The van der Waals surface area contributed by atoms with E-state index in [0.717, 1.165) is 22.4 Å². The molecule has 1 fully saturated rings.